The van der Waals surface area contributed by atoms with E-state index < -0.39 is 11.9 Å². The van der Waals surface area contributed by atoms with Crippen LogP contribution in [0, 0.1) is 0 Å². The van der Waals surface area contributed by atoms with Crippen LogP contribution in [0.3, 0.4) is 0 Å². The summed E-state index contributed by atoms with van der Waals surface area (Å²) in [4.78, 5) is 20.1. The molecule has 0 spiro atoms. The molecular formula is C4H2N2O3. The van der Waals surface area contributed by atoms with Crippen LogP contribution in [0.2, 0.25) is 0 Å². The van der Waals surface area contributed by atoms with Gasteiger partial charge >= 0.3 is 5.97 Å². The molecule has 1 aliphatic heterocycles. The highest BCUT2D eigenvalue weighted by molar-refractivity contribution is 6.00. The highest BCUT2D eigenvalue weighted by Crippen LogP contribution is 2.05. The Kier molecular flexibility index (Phi) is 1.11. The van der Waals surface area contributed by atoms with Crippen molar-refractivity contribution in [3.05, 3.63) is 11.8 Å². The van der Waals surface area contributed by atoms with Gasteiger partial charge in [0.05, 0.1) is 0 Å². The number of amides is 1. The normalized spacial score (nSPS) is 16.0. The molecule has 0 radical (unpaired) electrons. The van der Waals surface area contributed by atoms with Crippen LogP contribution in [0.25, 0.3) is 0 Å². The maximum atomic E-state index is 10.2. The van der Waals surface area contributed by atoms with Crippen molar-refractivity contribution < 1.29 is 14.7 Å². The Hall–Kier alpha value is -1.52. The molecule has 0 atom stereocenters. The van der Waals surface area contributed by atoms with E-state index >= 15 is 0 Å². The summed E-state index contributed by atoms with van der Waals surface area (Å²) < 4.78 is 0. The molecule has 0 aromatic rings. The SMILES string of the molecule is O=C1C=C(C(=O)O)N=N1. The van der Waals surface area contributed by atoms with Gasteiger partial charge in [-0.15, -0.1) is 10.2 Å². The van der Waals surface area contributed by atoms with E-state index in [0.29, 0.717) is 0 Å². The Morgan fingerprint density at radius 3 is 2.44 bits per heavy atom. The Labute approximate surface area is 49.7 Å². The Bertz CT molecular complexity index is 228. The smallest absolute Gasteiger partial charge is 0.356 e. The molecule has 0 saturated heterocycles. The monoisotopic (exact) mass is 126 g/mol. The highest BCUT2D eigenvalue weighted by atomic mass is 16.4. The number of hydrogen-bond acceptors (Lipinski definition) is 3. The van der Waals surface area contributed by atoms with Gasteiger partial charge in [0.25, 0.3) is 5.91 Å². The second-order valence-electron chi connectivity index (χ2n) is 1.37. The highest BCUT2D eigenvalue weighted by Gasteiger charge is 2.13. The first-order valence-corrected chi connectivity index (χ1v) is 2.11. The van der Waals surface area contributed by atoms with E-state index in [0.717, 1.165) is 6.08 Å². The summed E-state index contributed by atoms with van der Waals surface area (Å²) in [6.07, 6.45) is 0.863. The zero-order valence-corrected chi connectivity index (χ0v) is 4.24. The van der Waals surface area contributed by atoms with Gasteiger partial charge in [-0.2, -0.15) is 0 Å². The first-order chi connectivity index (χ1) is 4.20. The standard InChI is InChI=1S/C4H2N2O3/c7-3-1-2(4(8)9)5-6-3/h1H,(H,8,9). The molecule has 5 nitrogen and oxygen atoms in total. The van der Waals surface area contributed by atoms with Crippen LogP contribution in [-0.2, 0) is 9.59 Å². The first-order valence-electron chi connectivity index (χ1n) is 2.11. The third kappa shape index (κ3) is 0.987. The van der Waals surface area contributed by atoms with Crippen molar-refractivity contribution in [3.63, 3.8) is 0 Å². The fraction of sp³-hybridized carbons (Fsp3) is 0. The predicted molar refractivity (Wildman–Crippen MR) is 25.6 cm³/mol. The fourth-order valence-electron chi connectivity index (χ4n) is 0.382. The van der Waals surface area contributed by atoms with Gasteiger partial charge in [-0.3, -0.25) is 4.79 Å². The first kappa shape index (κ1) is 5.61. The summed E-state index contributed by atoms with van der Waals surface area (Å²) in [5.74, 6) is -1.85. The maximum absolute atomic E-state index is 10.2. The van der Waals surface area contributed by atoms with Crippen LogP contribution in [-0.4, -0.2) is 17.0 Å². The van der Waals surface area contributed by atoms with Gasteiger partial charge in [0.15, 0.2) is 5.70 Å². The third-order valence-electron chi connectivity index (χ3n) is 0.736. The topological polar surface area (TPSA) is 79.1 Å². The lowest BCUT2D eigenvalue weighted by Gasteiger charge is -1.79. The molecular weight excluding hydrogens is 124 g/mol. The number of aliphatic carboxylic acids is 1. The Morgan fingerprint density at radius 2 is 2.22 bits per heavy atom. The van der Waals surface area contributed by atoms with E-state index in [1.165, 1.54) is 0 Å². The maximum Gasteiger partial charge on any atom is 0.356 e. The van der Waals surface area contributed by atoms with E-state index in [2.05, 4.69) is 10.2 Å². The second kappa shape index (κ2) is 1.77. The number of nitrogens with zero attached hydrogens (tertiary/aromatic N) is 2. The van der Waals surface area contributed by atoms with Gasteiger partial charge in [-0.1, -0.05) is 0 Å². The number of carboxylic acids is 1. The average Bonchev–Trinajstić information content (AvgIpc) is 2.14. The van der Waals surface area contributed by atoms with Crippen LogP contribution >= 0.6 is 0 Å². The molecule has 46 valence electrons. The number of hydrogen-bond donors (Lipinski definition) is 1. The summed E-state index contributed by atoms with van der Waals surface area (Å²) in [5.41, 5.74) is -0.306. The van der Waals surface area contributed by atoms with Crippen LogP contribution in [0.1, 0.15) is 0 Å². The van der Waals surface area contributed by atoms with E-state index in [1.54, 1.807) is 0 Å². The lowest BCUT2D eigenvalue weighted by atomic mass is 10.4. The number of carbonyl (C=O) groups excluding carboxylic acids is 1. The summed E-state index contributed by atoms with van der Waals surface area (Å²) >= 11 is 0. The quantitative estimate of drug-likeness (QED) is 0.534. The molecule has 5 heteroatoms. The van der Waals surface area contributed by atoms with E-state index in [1.807, 2.05) is 0 Å². The van der Waals surface area contributed by atoms with Gasteiger partial charge in [-0.05, 0) is 0 Å². The van der Waals surface area contributed by atoms with Crippen molar-refractivity contribution in [2.45, 2.75) is 0 Å². The van der Waals surface area contributed by atoms with Crippen LogP contribution < -0.4 is 0 Å². The molecule has 1 N–H and O–H groups in total. The largest absolute Gasteiger partial charge is 0.476 e. The van der Waals surface area contributed by atoms with E-state index in [9.17, 15) is 9.59 Å². The molecule has 1 aliphatic rings. The molecule has 0 saturated carbocycles. The van der Waals surface area contributed by atoms with Gasteiger partial charge < -0.3 is 5.11 Å². The Balaban J connectivity index is 2.88. The van der Waals surface area contributed by atoms with E-state index in [4.69, 9.17) is 5.11 Å². The summed E-state index contributed by atoms with van der Waals surface area (Å²) in [6, 6.07) is 0. The van der Waals surface area contributed by atoms with Crippen molar-refractivity contribution in [1.82, 2.24) is 0 Å². The van der Waals surface area contributed by atoms with Crippen molar-refractivity contribution in [2.75, 3.05) is 0 Å². The van der Waals surface area contributed by atoms with Crippen molar-refractivity contribution in [3.8, 4) is 0 Å². The lowest BCUT2D eigenvalue weighted by Crippen LogP contribution is -1.95. The molecule has 0 bridgehead atoms. The molecule has 1 amide bonds. The molecule has 1 heterocycles. The second-order valence-corrected chi connectivity index (χ2v) is 1.37. The average molecular weight is 126 g/mol. The zero-order valence-electron chi connectivity index (χ0n) is 4.24. The van der Waals surface area contributed by atoms with Gasteiger partial charge in [-0.25, -0.2) is 4.79 Å². The number of carbonyl (C=O) groups is 2. The van der Waals surface area contributed by atoms with Crippen molar-refractivity contribution >= 4 is 11.9 Å². The van der Waals surface area contributed by atoms with Gasteiger partial charge in [0, 0.05) is 6.08 Å². The fourth-order valence-corrected chi connectivity index (χ4v) is 0.382. The minimum atomic E-state index is -1.23. The van der Waals surface area contributed by atoms with Crippen molar-refractivity contribution in [1.29, 1.82) is 0 Å². The lowest BCUT2D eigenvalue weighted by molar-refractivity contribution is -0.132. The molecule has 1 rings (SSSR count). The van der Waals surface area contributed by atoms with Gasteiger partial charge in [0.2, 0.25) is 0 Å². The Morgan fingerprint density at radius 1 is 1.56 bits per heavy atom. The molecule has 0 fully saturated rings. The van der Waals surface area contributed by atoms with E-state index in [-0.39, 0.29) is 5.70 Å². The predicted octanol–water partition coefficient (Wildman–Crippen LogP) is -0.0527. The molecule has 9 heavy (non-hydrogen) atoms. The van der Waals surface area contributed by atoms with Crippen LogP contribution in [0.5, 0.6) is 0 Å². The van der Waals surface area contributed by atoms with Gasteiger partial charge in [0.1, 0.15) is 0 Å². The van der Waals surface area contributed by atoms with Crippen LogP contribution in [0.4, 0.5) is 0 Å². The molecule has 0 aromatic heterocycles. The minimum Gasteiger partial charge on any atom is -0.476 e. The molecule has 0 unspecified atom stereocenters. The summed E-state index contributed by atoms with van der Waals surface area (Å²) in [5, 5.41) is 14.2. The third-order valence-corrected chi connectivity index (χ3v) is 0.736. The molecule has 0 aliphatic carbocycles. The summed E-state index contributed by atoms with van der Waals surface area (Å²) in [7, 11) is 0. The van der Waals surface area contributed by atoms with Crippen LogP contribution in [0.15, 0.2) is 22.0 Å². The zero-order chi connectivity index (χ0) is 6.85. The minimum absolute atomic E-state index is 0.306. The number of rotatable bonds is 1. The molecule has 0 aromatic carbocycles. The number of azo groups is 1. The number of carboxylic acid groups (broad SMARTS) is 1. The van der Waals surface area contributed by atoms with Crippen molar-refractivity contribution in [2.24, 2.45) is 10.2 Å². The summed E-state index contributed by atoms with van der Waals surface area (Å²) in [6.45, 7) is 0.